The fourth-order valence-electron chi connectivity index (χ4n) is 3.11. The number of hydrogen-bond donors (Lipinski definition) is 1. The minimum Gasteiger partial charge on any atom is -0.379 e. The fourth-order valence-corrected chi connectivity index (χ4v) is 3.11. The van der Waals surface area contributed by atoms with E-state index in [0.29, 0.717) is 12.1 Å². The number of fused-ring (bicyclic) bond motifs is 1. The Hall–Kier alpha value is -3.65. The Morgan fingerprint density at radius 2 is 1.85 bits per heavy atom. The van der Waals surface area contributed by atoms with Crippen molar-refractivity contribution in [3.05, 3.63) is 78.1 Å². The van der Waals surface area contributed by atoms with Crippen molar-refractivity contribution in [2.45, 2.75) is 6.54 Å². The SMILES string of the molecule is Cn1cc(CNc2c(C#N)cnc3ccccc23)c(-c2ccccc2)n1. The van der Waals surface area contributed by atoms with Crippen molar-refractivity contribution in [1.29, 1.82) is 5.26 Å². The second-order valence-electron chi connectivity index (χ2n) is 6.07. The van der Waals surface area contributed by atoms with Gasteiger partial charge in [-0.3, -0.25) is 9.67 Å². The second-order valence-corrected chi connectivity index (χ2v) is 6.07. The van der Waals surface area contributed by atoms with Crippen LogP contribution in [0.5, 0.6) is 0 Å². The van der Waals surface area contributed by atoms with E-state index in [-0.39, 0.29) is 0 Å². The predicted octanol–water partition coefficient (Wildman–Crippen LogP) is 4.12. The van der Waals surface area contributed by atoms with Gasteiger partial charge in [-0.1, -0.05) is 48.5 Å². The van der Waals surface area contributed by atoms with Crippen LogP contribution < -0.4 is 5.32 Å². The quantitative estimate of drug-likeness (QED) is 0.607. The van der Waals surface area contributed by atoms with Crippen LogP contribution in [0, 0.1) is 11.3 Å². The fraction of sp³-hybridized carbons (Fsp3) is 0.0952. The molecule has 4 aromatic rings. The van der Waals surface area contributed by atoms with Crippen molar-refractivity contribution >= 4 is 16.6 Å². The number of nitriles is 1. The Morgan fingerprint density at radius 3 is 2.65 bits per heavy atom. The molecular weight excluding hydrogens is 322 g/mol. The number of aryl methyl sites for hydroxylation is 1. The summed E-state index contributed by atoms with van der Waals surface area (Å²) in [5.74, 6) is 0. The average molecular weight is 339 g/mol. The molecule has 26 heavy (non-hydrogen) atoms. The molecule has 126 valence electrons. The number of rotatable bonds is 4. The molecule has 0 saturated carbocycles. The molecule has 0 aliphatic rings. The maximum atomic E-state index is 9.47. The standard InChI is InChI=1S/C21H17N5/c1-26-14-17(20(25-26)15-7-3-2-4-8-15)13-24-21-16(11-22)12-23-19-10-6-5-9-18(19)21/h2-10,12,14H,13H2,1H3,(H,23,24). The lowest BCUT2D eigenvalue weighted by atomic mass is 10.1. The third kappa shape index (κ3) is 2.89. The van der Waals surface area contributed by atoms with Crippen LogP contribution in [0.15, 0.2) is 67.0 Å². The first-order valence-corrected chi connectivity index (χ1v) is 8.36. The molecule has 0 spiro atoms. The maximum Gasteiger partial charge on any atom is 0.103 e. The van der Waals surface area contributed by atoms with Gasteiger partial charge in [0, 0.05) is 42.5 Å². The third-order valence-corrected chi connectivity index (χ3v) is 4.30. The molecule has 0 bridgehead atoms. The largest absolute Gasteiger partial charge is 0.379 e. The van der Waals surface area contributed by atoms with Gasteiger partial charge in [-0.2, -0.15) is 10.4 Å². The highest BCUT2D eigenvalue weighted by Crippen LogP contribution is 2.27. The predicted molar refractivity (Wildman–Crippen MR) is 102 cm³/mol. The molecule has 0 aliphatic heterocycles. The van der Waals surface area contributed by atoms with Gasteiger partial charge >= 0.3 is 0 Å². The Balaban J connectivity index is 1.71. The van der Waals surface area contributed by atoms with Gasteiger partial charge in [0.15, 0.2) is 0 Å². The van der Waals surface area contributed by atoms with Crippen LogP contribution in [0.2, 0.25) is 0 Å². The van der Waals surface area contributed by atoms with Gasteiger partial charge in [0.25, 0.3) is 0 Å². The zero-order valence-corrected chi connectivity index (χ0v) is 14.3. The maximum absolute atomic E-state index is 9.47. The van der Waals surface area contributed by atoms with Crippen LogP contribution in [0.3, 0.4) is 0 Å². The van der Waals surface area contributed by atoms with Gasteiger partial charge in [-0.25, -0.2) is 0 Å². The number of nitrogens with one attached hydrogen (secondary N) is 1. The number of pyridine rings is 1. The number of nitrogens with zero attached hydrogens (tertiary/aromatic N) is 4. The summed E-state index contributed by atoms with van der Waals surface area (Å²) < 4.78 is 1.81. The van der Waals surface area contributed by atoms with E-state index in [1.807, 2.05) is 72.5 Å². The van der Waals surface area contributed by atoms with E-state index >= 15 is 0 Å². The molecule has 4 rings (SSSR count). The molecule has 0 atom stereocenters. The third-order valence-electron chi connectivity index (χ3n) is 4.30. The molecule has 0 fully saturated rings. The van der Waals surface area contributed by atoms with Crippen molar-refractivity contribution in [3.63, 3.8) is 0 Å². The van der Waals surface area contributed by atoms with E-state index in [1.54, 1.807) is 6.20 Å². The van der Waals surface area contributed by atoms with Gasteiger partial charge in [0.1, 0.15) is 6.07 Å². The zero-order valence-electron chi connectivity index (χ0n) is 14.3. The highest BCUT2D eigenvalue weighted by molar-refractivity contribution is 5.93. The van der Waals surface area contributed by atoms with Crippen molar-refractivity contribution in [2.75, 3.05) is 5.32 Å². The lowest BCUT2D eigenvalue weighted by molar-refractivity contribution is 0.770. The first-order chi connectivity index (χ1) is 12.8. The topological polar surface area (TPSA) is 66.5 Å². The summed E-state index contributed by atoms with van der Waals surface area (Å²) in [7, 11) is 1.92. The molecule has 2 aromatic carbocycles. The van der Waals surface area contributed by atoms with E-state index in [1.165, 1.54) is 0 Å². The number of aromatic nitrogens is 3. The molecule has 0 amide bonds. The minimum atomic E-state index is 0.536. The summed E-state index contributed by atoms with van der Waals surface area (Å²) in [5.41, 5.74) is 5.30. The zero-order chi connectivity index (χ0) is 17.9. The first kappa shape index (κ1) is 15.9. The second kappa shape index (κ2) is 6.69. The summed E-state index contributed by atoms with van der Waals surface area (Å²) in [6, 6.07) is 20.2. The molecule has 5 nitrogen and oxygen atoms in total. The Labute approximate surface area is 151 Å². The summed E-state index contributed by atoms with van der Waals surface area (Å²) >= 11 is 0. The van der Waals surface area contributed by atoms with Gasteiger partial charge in [0.05, 0.1) is 22.5 Å². The summed E-state index contributed by atoms with van der Waals surface area (Å²) in [4.78, 5) is 4.36. The summed E-state index contributed by atoms with van der Waals surface area (Å²) in [5, 5.41) is 18.4. The van der Waals surface area contributed by atoms with Crippen LogP contribution in [-0.4, -0.2) is 14.8 Å². The molecule has 1 N–H and O–H groups in total. The number of para-hydroxylation sites is 1. The van der Waals surface area contributed by atoms with Crippen molar-refractivity contribution < 1.29 is 0 Å². The van der Waals surface area contributed by atoms with Gasteiger partial charge in [-0.05, 0) is 6.07 Å². The van der Waals surface area contributed by atoms with Crippen LogP contribution in [-0.2, 0) is 13.6 Å². The lowest BCUT2D eigenvalue weighted by Gasteiger charge is -2.11. The summed E-state index contributed by atoms with van der Waals surface area (Å²) in [6.07, 6.45) is 3.62. The molecule has 0 aliphatic carbocycles. The number of benzene rings is 2. The highest BCUT2D eigenvalue weighted by Gasteiger charge is 2.12. The van der Waals surface area contributed by atoms with Crippen molar-refractivity contribution in [1.82, 2.24) is 14.8 Å². The Morgan fingerprint density at radius 1 is 1.08 bits per heavy atom. The molecule has 0 saturated heterocycles. The van der Waals surface area contributed by atoms with Gasteiger partial charge < -0.3 is 5.32 Å². The Kier molecular flexibility index (Phi) is 4.08. The molecule has 5 heteroatoms. The lowest BCUT2D eigenvalue weighted by Crippen LogP contribution is -2.03. The number of anilines is 1. The molecule has 0 unspecified atom stereocenters. The highest BCUT2D eigenvalue weighted by atomic mass is 15.3. The summed E-state index contributed by atoms with van der Waals surface area (Å²) in [6.45, 7) is 0.570. The van der Waals surface area contributed by atoms with E-state index in [0.717, 1.165) is 33.4 Å². The van der Waals surface area contributed by atoms with E-state index in [9.17, 15) is 5.26 Å². The monoisotopic (exact) mass is 339 g/mol. The average Bonchev–Trinajstić information content (AvgIpc) is 3.07. The van der Waals surface area contributed by atoms with E-state index in [4.69, 9.17) is 0 Å². The van der Waals surface area contributed by atoms with E-state index < -0.39 is 0 Å². The van der Waals surface area contributed by atoms with Crippen molar-refractivity contribution in [3.8, 4) is 17.3 Å². The normalized spacial score (nSPS) is 10.6. The van der Waals surface area contributed by atoms with Crippen molar-refractivity contribution in [2.24, 2.45) is 7.05 Å². The minimum absolute atomic E-state index is 0.536. The van der Waals surface area contributed by atoms with Crippen LogP contribution in [0.1, 0.15) is 11.1 Å². The van der Waals surface area contributed by atoms with Gasteiger partial charge in [-0.15, -0.1) is 0 Å². The molecule has 0 radical (unpaired) electrons. The van der Waals surface area contributed by atoms with Gasteiger partial charge in [0.2, 0.25) is 0 Å². The molecular formula is C21H17N5. The van der Waals surface area contributed by atoms with Crippen LogP contribution in [0.25, 0.3) is 22.2 Å². The van der Waals surface area contributed by atoms with Crippen LogP contribution in [0.4, 0.5) is 5.69 Å². The molecule has 2 aromatic heterocycles. The first-order valence-electron chi connectivity index (χ1n) is 8.36. The Bertz CT molecular complexity index is 1110. The van der Waals surface area contributed by atoms with Crippen LogP contribution >= 0.6 is 0 Å². The number of hydrogen-bond acceptors (Lipinski definition) is 4. The van der Waals surface area contributed by atoms with E-state index in [2.05, 4.69) is 21.5 Å². The molecule has 2 heterocycles. The smallest absolute Gasteiger partial charge is 0.103 e.